The number of likely N-dealkylation sites (N-methyl/N-ethyl adjacent to an activating group) is 3. The van der Waals surface area contributed by atoms with Crippen molar-refractivity contribution in [3.8, 4) is 0 Å². The van der Waals surface area contributed by atoms with Crippen molar-refractivity contribution < 1.29 is 19.5 Å². The maximum absolute atomic E-state index is 6.26. The van der Waals surface area contributed by atoms with Gasteiger partial charge in [0.15, 0.2) is 0 Å². The van der Waals surface area contributed by atoms with Crippen molar-refractivity contribution in [2.45, 2.75) is 9.96 Å². The van der Waals surface area contributed by atoms with Crippen LogP contribution in [0.1, 0.15) is 0 Å². The van der Waals surface area contributed by atoms with E-state index in [0.29, 0.717) is 0 Å². The van der Waals surface area contributed by atoms with Gasteiger partial charge in [0.05, 0.1) is 0 Å². The minimum Gasteiger partial charge on any atom is -0.304 e. The summed E-state index contributed by atoms with van der Waals surface area (Å²) < 4.78 is -1.04. The zero-order chi connectivity index (χ0) is 11.6. The van der Waals surface area contributed by atoms with E-state index in [4.69, 9.17) is 34.8 Å². The average Bonchev–Trinajstić information content (AvgIpc) is 2.21. The SMILES string of the molecule is CN1CCN(C)C(Cl)C(Cl)(Cl)N(C)CC1.[Ru]. The molecule has 0 aliphatic carbocycles. The summed E-state index contributed by atoms with van der Waals surface area (Å²) in [5.41, 5.74) is -0.405. The number of hydrogen-bond donors (Lipinski definition) is 0. The van der Waals surface area contributed by atoms with E-state index in [0.717, 1.165) is 26.2 Å². The standard InChI is InChI=1S/C9H18Cl3N3.Ru/c1-13-4-6-14(2)8(10)9(11,12)15(3)7-5-13;/h8H,4-7H2,1-3H3;. The maximum Gasteiger partial charge on any atom is 0.200 e. The molecule has 1 aliphatic rings. The van der Waals surface area contributed by atoms with Crippen molar-refractivity contribution in [2.75, 3.05) is 47.3 Å². The van der Waals surface area contributed by atoms with E-state index in [9.17, 15) is 0 Å². The van der Waals surface area contributed by atoms with E-state index in [-0.39, 0.29) is 19.5 Å². The molecule has 0 aromatic rings. The molecule has 1 atom stereocenters. The van der Waals surface area contributed by atoms with E-state index >= 15 is 0 Å². The molecule has 1 heterocycles. The van der Waals surface area contributed by atoms with Gasteiger partial charge in [-0.15, -0.1) is 11.6 Å². The van der Waals surface area contributed by atoms with Gasteiger partial charge in [-0.25, -0.2) is 0 Å². The molecule has 0 amide bonds. The fourth-order valence-corrected chi connectivity index (χ4v) is 2.24. The molecule has 0 aromatic heterocycles. The van der Waals surface area contributed by atoms with Gasteiger partial charge in [-0.1, -0.05) is 23.2 Å². The molecule has 1 saturated heterocycles. The molecule has 0 aromatic carbocycles. The largest absolute Gasteiger partial charge is 0.304 e. The fraction of sp³-hybridized carbons (Fsp3) is 1.00. The van der Waals surface area contributed by atoms with Crippen LogP contribution < -0.4 is 0 Å². The number of hydrogen-bond acceptors (Lipinski definition) is 3. The summed E-state index contributed by atoms with van der Waals surface area (Å²) in [6.07, 6.45) is 0. The van der Waals surface area contributed by atoms with E-state index in [1.165, 1.54) is 0 Å². The van der Waals surface area contributed by atoms with Crippen molar-refractivity contribution in [3.63, 3.8) is 0 Å². The van der Waals surface area contributed by atoms with Crippen LogP contribution in [0.5, 0.6) is 0 Å². The summed E-state index contributed by atoms with van der Waals surface area (Å²) >= 11 is 18.8. The van der Waals surface area contributed by atoms with Crippen LogP contribution in [0.2, 0.25) is 0 Å². The fourth-order valence-electron chi connectivity index (χ4n) is 1.47. The molecule has 1 rings (SSSR count). The van der Waals surface area contributed by atoms with Crippen LogP contribution in [-0.2, 0) is 19.5 Å². The summed E-state index contributed by atoms with van der Waals surface area (Å²) in [5.74, 6) is 0. The Morgan fingerprint density at radius 1 is 1.00 bits per heavy atom. The summed E-state index contributed by atoms with van der Waals surface area (Å²) in [6.45, 7) is 3.58. The Labute approximate surface area is 126 Å². The minimum absolute atomic E-state index is 0. The second-order valence-corrected chi connectivity index (χ2v) is 5.89. The summed E-state index contributed by atoms with van der Waals surface area (Å²) in [6, 6.07) is 0. The van der Waals surface area contributed by atoms with E-state index in [1.54, 1.807) is 0 Å². The van der Waals surface area contributed by atoms with Crippen LogP contribution in [0.25, 0.3) is 0 Å². The van der Waals surface area contributed by atoms with Gasteiger partial charge in [-0.3, -0.25) is 9.80 Å². The third kappa shape index (κ3) is 4.24. The predicted molar refractivity (Wildman–Crippen MR) is 66.8 cm³/mol. The summed E-state index contributed by atoms with van der Waals surface area (Å²) in [5, 5.41) is 0. The van der Waals surface area contributed by atoms with Crippen LogP contribution in [0.4, 0.5) is 0 Å². The minimum atomic E-state index is -1.04. The molecule has 16 heavy (non-hydrogen) atoms. The van der Waals surface area contributed by atoms with Crippen LogP contribution in [0.3, 0.4) is 0 Å². The zero-order valence-electron chi connectivity index (χ0n) is 9.73. The van der Waals surface area contributed by atoms with Crippen molar-refractivity contribution >= 4 is 34.8 Å². The van der Waals surface area contributed by atoms with Gasteiger partial charge in [-0.05, 0) is 21.1 Å². The number of halogens is 3. The topological polar surface area (TPSA) is 9.72 Å². The van der Waals surface area contributed by atoms with Gasteiger partial charge in [0.1, 0.15) is 5.50 Å². The van der Waals surface area contributed by atoms with Gasteiger partial charge in [0.2, 0.25) is 4.46 Å². The van der Waals surface area contributed by atoms with Gasteiger partial charge >= 0.3 is 0 Å². The first-order chi connectivity index (χ1) is 6.85. The normalized spacial score (nSPS) is 30.0. The van der Waals surface area contributed by atoms with E-state index in [1.807, 2.05) is 23.9 Å². The Balaban J connectivity index is 0.00000225. The summed E-state index contributed by atoms with van der Waals surface area (Å²) in [7, 11) is 5.91. The number of rotatable bonds is 0. The van der Waals surface area contributed by atoms with Crippen molar-refractivity contribution in [1.29, 1.82) is 0 Å². The van der Waals surface area contributed by atoms with E-state index in [2.05, 4.69) is 11.9 Å². The average molecular weight is 376 g/mol. The van der Waals surface area contributed by atoms with Gasteiger partial charge in [0, 0.05) is 45.7 Å². The quantitative estimate of drug-likeness (QED) is 0.361. The van der Waals surface area contributed by atoms with Crippen LogP contribution in [0.15, 0.2) is 0 Å². The van der Waals surface area contributed by atoms with Crippen molar-refractivity contribution in [1.82, 2.24) is 14.7 Å². The maximum atomic E-state index is 6.26. The zero-order valence-corrected chi connectivity index (χ0v) is 13.7. The molecule has 0 radical (unpaired) electrons. The van der Waals surface area contributed by atoms with Gasteiger partial charge in [0.25, 0.3) is 0 Å². The van der Waals surface area contributed by atoms with Crippen molar-refractivity contribution in [3.05, 3.63) is 0 Å². The Morgan fingerprint density at radius 2 is 1.50 bits per heavy atom. The van der Waals surface area contributed by atoms with E-state index < -0.39 is 9.96 Å². The first-order valence-electron chi connectivity index (χ1n) is 4.97. The molecule has 1 fully saturated rings. The molecular weight excluding hydrogens is 358 g/mol. The third-order valence-corrected chi connectivity index (χ3v) is 4.70. The second kappa shape index (κ2) is 7.08. The molecule has 0 saturated carbocycles. The molecule has 3 nitrogen and oxygen atoms in total. The van der Waals surface area contributed by atoms with Crippen LogP contribution >= 0.6 is 34.8 Å². The number of nitrogens with zero attached hydrogens (tertiary/aromatic N) is 3. The Hall–Kier alpha value is 1.37. The predicted octanol–water partition coefficient (Wildman–Crippen LogP) is 1.49. The van der Waals surface area contributed by atoms with Crippen LogP contribution in [-0.4, -0.2) is 72.0 Å². The molecule has 0 N–H and O–H groups in total. The Morgan fingerprint density at radius 3 is 2.06 bits per heavy atom. The molecule has 1 unspecified atom stereocenters. The smallest absolute Gasteiger partial charge is 0.200 e. The molecule has 7 heteroatoms. The molecular formula is C9H18Cl3N3Ru. The van der Waals surface area contributed by atoms with Crippen LogP contribution in [0, 0.1) is 0 Å². The molecule has 0 spiro atoms. The monoisotopic (exact) mass is 375 g/mol. The summed E-state index contributed by atoms with van der Waals surface area (Å²) in [4.78, 5) is 6.10. The Kier molecular flexibility index (Phi) is 7.69. The third-order valence-electron chi connectivity index (χ3n) is 2.83. The first kappa shape index (κ1) is 17.4. The number of alkyl halides is 3. The molecule has 1 aliphatic heterocycles. The Bertz CT molecular complexity index is 218. The van der Waals surface area contributed by atoms with Gasteiger partial charge < -0.3 is 4.90 Å². The molecule has 98 valence electrons. The second-order valence-electron chi connectivity index (χ2n) is 4.13. The molecule has 0 bridgehead atoms. The first-order valence-corrected chi connectivity index (χ1v) is 6.17. The van der Waals surface area contributed by atoms with Gasteiger partial charge in [-0.2, -0.15) is 0 Å². The van der Waals surface area contributed by atoms with Crippen molar-refractivity contribution in [2.24, 2.45) is 0 Å².